The Kier molecular flexibility index (Phi) is 3.29. The van der Waals surface area contributed by atoms with E-state index >= 15 is 0 Å². The Hall–Kier alpha value is -1.29. The molecule has 1 N–H and O–H groups in total. The van der Waals surface area contributed by atoms with Gasteiger partial charge in [-0.05, 0) is 31.7 Å². The first-order valence-corrected chi connectivity index (χ1v) is 5.64. The second-order valence-corrected chi connectivity index (χ2v) is 4.50. The third kappa shape index (κ3) is 2.85. The van der Waals surface area contributed by atoms with Gasteiger partial charge in [-0.1, -0.05) is 0 Å². The Bertz CT molecular complexity index is 343. The molecule has 0 radical (unpaired) electrons. The number of carboxylic acid groups (broad SMARTS) is 1. The summed E-state index contributed by atoms with van der Waals surface area (Å²) in [4.78, 5) is 12.8. The summed E-state index contributed by atoms with van der Waals surface area (Å²) in [6.45, 7) is 3.00. The molecule has 88 valence electrons. The molecule has 1 aromatic rings. The second kappa shape index (κ2) is 4.70. The Labute approximate surface area is 94.9 Å². The summed E-state index contributed by atoms with van der Waals surface area (Å²) < 4.78 is 5.04. The van der Waals surface area contributed by atoms with Crippen molar-refractivity contribution in [3.05, 3.63) is 24.2 Å². The van der Waals surface area contributed by atoms with Crippen molar-refractivity contribution in [2.24, 2.45) is 5.92 Å². The fraction of sp³-hybridized carbons (Fsp3) is 0.583. The van der Waals surface area contributed by atoms with E-state index in [9.17, 15) is 4.79 Å². The number of hydrogen-bond donors (Lipinski definition) is 1. The van der Waals surface area contributed by atoms with Crippen LogP contribution in [0, 0.1) is 5.92 Å². The molecule has 0 bridgehead atoms. The highest BCUT2D eigenvalue weighted by atomic mass is 16.4. The molecule has 1 unspecified atom stereocenters. The summed E-state index contributed by atoms with van der Waals surface area (Å²) >= 11 is 0. The number of carboxylic acids is 1. The van der Waals surface area contributed by atoms with E-state index in [1.54, 1.807) is 12.5 Å². The van der Waals surface area contributed by atoms with E-state index in [1.165, 1.54) is 12.8 Å². The van der Waals surface area contributed by atoms with Gasteiger partial charge in [0.05, 0.1) is 19.1 Å². The van der Waals surface area contributed by atoms with Crippen LogP contribution in [0.5, 0.6) is 0 Å². The fourth-order valence-electron chi connectivity index (χ4n) is 1.89. The molecule has 1 heterocycles. The lowest BCUT2D eigenvalue weighted by atomic mass is 10.1. The summed E-state index contributed by atoms with van der Waals surface area (Å²) in [6, 6.07) is 2.00. The Morgan fingerprint density at radius 1 is 1.69 bits per heavy atom. The van der Waals surface area contributed by atoms with Crippen LogP contribution in [0.1, 0.15) is 31.4 Å². The largest absolute Gasteiger partial charge is 0.480 e. The van der Waals surface area contributed by atoms with E-state index in [-0.39, 0.29) is 12.6 Å². The zero-order valence-corrected chi connectivity index (χ0v) is 9.43. The maximum Gasteiger partial charge on any atom is 0.317 e. The lowest BCUT2D eigenvalue weighted by molar-refractivity contribution is -0.139. The van der Waals surface area contributed by atoms with Gasteiger partial charge in [-0.3, -0.25) is 9.69 Å². The maximum atomic E-state index is 10.8. The lowest BCUT2D eigenvalue weighted by Gasteiger charge is -2.26. The number of aliphatic carboxylic acids is 1. The van der Waals surface area contributed by atoms with Crippen molar-refractivity contribution in [1.82, 2.24) is 4.90 Å². The first-order chi connectivity index (χ1) is 7.66. The Morgan fingerprint density at radius 2 is 2.44 bits per heavy atom. The standard InChI is InChI=1S/C12H17NO3/c1-9(11-4-5-16-8-11)13(7-12(14)15)6-10-2-3-10/h4-5,8-10H,2-3,6-7H2,1H3,(H,14,15). The first-order valence-electron chi connectivity index (χ1n) is 5.64. The molecular weight excluding hydrogens is 206 g/mol. The van der Waals surface area contributed by atoms with Crippen LogP contribution in [0.3, 0.4) is 0 Å². The van der Waals surface area contributed by atoms with E-state index in [2.05, 4.69) is 0 Å². The number of hydrogen-bond acceptors (Lipinski definition) is 3. The SMILES string of the molecule is CC(c1ccoc1)N(CC(=O)O)CC1CC1. The van der Waals surface area contributed by atoms with Crippen molar-refractivity contribution < 1.29 is 14.3 Å². The van der Waals surface area contributed by atoms with Crippen LogP contribution in [0.25, 0.3) is 0 Å². The van der Waals surface area contributed by atoms with Crippen molar-refractivity contribution in [1.29, 1.82) is 0 Å². The van der Waals surface area contributed by atoms with Crippen LogP contribution in [0.2, 0.25) is 0 Å². The lowest BCUT2D eigenvalue weighted by Crippen LogP contribution is -2.33. The van der Waals surface area contributed by atoms with Crippen LogP contribution >= 0.6 is 0 Å². The molecule has 16 heavy (non-hydrogen) atoms. The monoisotopic (exact) mass is 223 g/mol. The first kappa shape index (κ1) is 11.2. The molecule has 2 rings (SSSR count). The van der Waals surface area contributed by atoms with E-state index < -0.39 is 5.97 Å². The van der Waals surface area contributed by atoms with Gasteiger partial charge >= 0.3 is 5.97 Å². The summed E-state index contributed by atoms with van der Waals surface area (Å²) in [6.07, 6.45) is 5.77. The molecule has 1 atom stereocenters. The quantitative estimate of drug-likeness (QED) is 0.802. The van der Waals surface area contributed by atoms with Gasteiger partial charge in [0.25, 0.3) is 0 Å². The van der Waals surface area contributed by atoms with Gasteiger partial charge in [-0.2, -0.15) is 0 Å². The molecule has 1 aromatic heterocycles. The van der Waals surface area contributed by atoms with Crippen molar-refractivity contribution in [2.75, 3.05) is 13.1 Å². The summed E-state index contributed by atoms with van der Waals surface area (Å²) in [7, 11) is 0. The molecule has 1 fully saturated rings. The van der Waals surface area contributed by atoms with Crippen molar-refractivity contribution in [2.45, 2.75) is 25.8 Å². The minimum Gasteiger partial charge on any atom is -0.480 e. The predicted molar refractivity (Wildman–Crippen MR) is 59.1 cm³/mol. The molecule has 1 aliphatic rings. The van der Waals surface area contributed by atoms with E-state index in [0.717, 1.165) is 12.1 Å². The average molecular weight is 223 g/mol. The van der Waals surface area contributed by atoms with E-state index in [0.29, 0.717) is 5.92 Å². The van der Waals surface area contributed by atoms with Gasteiger partial charge in [-0.25, -0.2) is 0 Å². The zero-order valence-electron chi connectivity index (χ0n) is 9.43. The van der Waals surface area contributed by atoms with Gasteiger partial charge in [0.2, 0.25) is 0 Å². The minimum absolute atomic E-state index is 0.100. The maximum absolute atomic E-state index is 10.8. The molecule has 0 saturated heterocycles. The van der Waals surface area contributed by atoms with Crippen molar-refractivity contribution in [3.8, 4) is 0 Å². The Morgan fingerprint density at radius 3 is 2.94 bits per heavy atom. The van der Waals surface area contributed by atoms with Gasteiger partial charge in [0.1, 0.15) is 0 Å². The average Bonchev–Trinajstić information content (AvgIpc) is 2.88. The van der Waals surface area contributed by atoms with Crippen LogP contribution in [-0.4, -0.2) is 29.1 Å². The highest BCUT2D eigenvalue weighted by molar-refractivity contribution is 5.69. The van der Waals surface area contributed by atoms with Crippen LogP contribution in [0.4, 0.5) is 0 Å². The molecule has 0 spiro atoms. The normalized spacial score (nSPS) is 17.6. The van der Waals surface area contributed by atoms with Gasteiger partial charge < -0.3 is 9.52 Å². The molecule has 4 nitrogen and oxygen atoms in total. The Balaban J connectivity index is 2.01. The predicted octanol–water partition coefficient (Wildman–Crippen LogP) is 2.14. The third-order valence-electron chi connectivity index (χ3n) is 3.10. The molecule has 0 aromatic carbocycles. The van der Waals surface area contributed by atoms with Crippen LogP contribution in [-0.2, 0) is 4.79 Å². The fourth-order valence-corrected chi connectivity index (χ4v) is 1.89. The third-order valence-corrected chi connectivity index (χ3v) is 3.10. The van der Waals surface area contributed by atoms with Crippen molar-refractivity contribution >= 4 is 5.97 Å². The second-order valence-electron chi connectivity index (χ2n) is 4.50. The molecule has 1 aliphatic carbocycles. The molecule has 0 amide bonds. The molecule has 0 aliphatic heterocycles. The topological polar surface area (TPSA) is 53.7 Å². The van der Waals surface area contributed by atoms with Gasteiger partial charge in [0, 0.05) is 18.2 Å². The van der Waals surface area contributed by atoms with E-state index in [4.69, 9.17) is 9.52 Å². The molecular formula is C12H17NO3. The summed E-state index contributed by atoms with van der Waals surface area (Å²) in [5.74, 6) is -0.0790. The minimum atomic E-state index is -0.768. The number of furan rings is 1. The van der Waals surface area contributed by atoms with Gasteiger partial charge in [-0.15, -0.1) is 0 Å². The smallest absolute Gasteiger partial charge is 0.317 e. The molecule has 4 heteroatoms. The number of carbonyl (C=O) groups is 1. The van der Waals surface area contributed by atoms with Gasteiger partial charge in [0.15, 0.2) is 0 Å². The van der Waals surface area contributed by atoms with Crippen LogP contribution < -0.4 is 0 Å². The number of nitrogens with zero attached hydrogens (tertiary/aromatic N) is 1. The van der Waals surface area contributed by atoms with Crippen LogP contribution in [0.15, 0.2) is 23.0 Å². The zero-order chi connectivity index (χ0) is 11.5. The van der Waals surface area contributed by atoms with Crippen molar-refractivity contribution in [3.63, 3.8) is 0 Å². The summed E-state index contributed by atoms with van der Waals surface area (Å²) in [5, 5.41) is 8.90. The van der Waals surface area contributed by atoms with E-state index in [1.807, 2.05) is 17.9 Å². The highest BCUT2D eigenvalue weighted by Crippen LogP contribution is 2.32. The summed E-state index contributed by atoms with van der Waals surface area (Å²) in [5.41, 5.74) is 1.04. The number of rotatable bonds is 6. The molecule has 1 saturated carbocycles. The highest BCUT2D eigenvalue weighted by Gasteiger charge is 2.28.